The van der Waals surface area contributed by atoms with Crippen molar-refractivity contribution in [1.82, 2.24) is 4.90 Å². The lowest BCUT2D eigenvalue weighted by Crippen LogP contribution is -2.55. The van der Waals surface area contributed by atoms with Crippen LogP contribution in [0.15, 0.2) is 0 Å². The second-order valence-corrected chi connectivity index (χ2v) is 6.29. The van der Waals surface area contributed by atoms with Crippen LogP contribution in [0.5, 0.6) is 0 Å². The minimum absolute atomic E-state index is 0.139. The van der Waals surface area contributed by atoms with Crippen LogP contribution in [0.3, 0.4) is 0 Å². The number of aliphatic hydroxyl groups is 1. The van der Waals surface area contributed by atoms with Gasteiger partial charge in [-0.15, -0.1) is 0 Å². The molecule has 106 valence electrons. The third-order valence-electron chi connectivity index (χ3n) is 5.09. The number of hydrogen-bond donors (Lipinski definition) is 2. The molecule has 0 aromatic rings. The van der Waals surface area contributed by atoms with Gasteiger partial charge in [0.05, 0.1) is 6.61 Å². The molecule has 4 atom stereocenters. The van der Waals surface area contributed by atoms with Crippen molar-refractivity contribution >= 4 is 0 Å². The van der Waals surface area contributed by atoms with E-state index in [2.05, 4.69) is 11.8 Å². The molecule has 2 aliphatic rings. The smallest absolute Gasteiger partial charge is 0.0601 e. The number of rotatable bonds is 5. The fourth-order valence-electron chi connectivity index (χ4n) is 3.98. The van der Waals surface area contributed by atoms with Crippen LogP contribution in [0, 0.1) is 11.8 Å². The Hall–Kier alpha value is -0.120. The summed E-state index contributed by atoms with van der Waals surface area (Å²) in [6, 6.07) is 0.327. The largest absolute Gasteiger partial charge is 0.395 e. The molecule has 3 N–H and O–H groups in total. The summed E-state index contributed by atoms with van der Waals surface area (Å²) in [4.78, 5) is 2.48. The van der Waals surface area contributed by atoms with Gasteiger partial charge in [0.2, 0.25) is 0 Å². The zero-order chi connectivity index (χ0) is 13.0. The first kappa shape index (κ1) is 14.3. The highest BCUT2D eigenvalue weighted by atomic mass is 16.3. The van der Waals surface area contributed by atoms with Crippen molar-refractivity contribution < 1.29 is 5.11 Å². The fourth-order valence-corrected chi connectivity index (χ4v) is 3.98. The molecule has 18 heavy (non-hydrogen) atoms. The normalized spacial score (nSPS) is 32.8. The molecule has 0 bridgehead atoms. The van der Waals surface area contributed by atoms with E-state index in [1.807, 2.05) is 0 Å². The van der Waals surface area contributed by atoms with Crippen LogP contribution in [0.1, 0.15) is 51.9 Å². The highest BCUT2D eigenvalue weighted by Gasteiger charge is 2.35. The zero-order valence-electron chi connectivity index (χ0n) is 11.9. The average molecular weight is 254 g/mol. The molecule has 1 saturated heterocycles. The molecule has 2 fully saturated rings. The molecular formula is C15H30N2O. The first-order chi connectivity index (χ1) is 8.76. The number of piperidine rings is 1. The second-order valence-electron chi connectivity index (χ2n) is 6.29. The SMILES string of the molecule is CCCC(N)C(CO)N1CCC2CCCCC2C1. The Bertz CT molecular complexity index is 247. The highest BCUT2D eigenvalue weighted by molar-refractivity contribution is 4.89. The van der Waals surface area contributed by atoms with Crippen LogP contribution >= 0.6 is 0 Å². The summed E-state index contributed by atoms with van der Waals surface area (Å²) in [7, 11) is 0. The van der Waals surface area contributed by atoms with Crippen molar-refractivity contribution in [3.8, 4) is 0 Å². The maximum atomic E-state index is 9.65. The van der Waals surface area contributed by atoms with E-state index >= 15 is 0 Å². The summed E-state index contributed by atoms with van der Waals surface area (Å²) in [5.41, 5.74) is 6.24. The molecule has 0 amide bonds. The summed E-state index contributed by atoms with van der Waals surface area (Å²) in [6.45, 7) is 4.71. The molecule has 4 unspecified atom stereocenters. The van der Waals surface area contributed by atoms with Crippen molar-refractivity contribution in [2.45, 2.75) is 64.0 Å². The van der Waals surface area contributed by atoms with E-state index in [1.165, 1.54) is 38.6 Å². The fraction of sp³-hybridized carbons (Fsp3) is 1.00. The monoisotopic (exact) mass is 254 g/mol. The Balaban J connectivity index is 1.91. The molecule has 0 spiro atoms. The zero-order valence-corrected chi connectivity index (χ0v) is 11.9. The number of nitrogens with two attached hydrogens (primary N) is 1. The first-order valence-corrected chi connectivity index (χ1v) is 7.86. The van der Waals surface area contributed by atoms with E-state index < -0.39 is 0 Å². The maximum absolute atomic E-state index is 9.65. The third-order valence-corrected chi connectivity index (χ3v) is 5.09. The van der Waals surface area contributed by atoms with Gasteiger partial charge in [-0.1, -0.05) is 32.6 Å². The molecule has 2 rings (SSSR count). The van der Waals surface area contributed by atoms with Crippen LogP contribution in [-0.2, 0) is 0 Å². The summed E-state index contributed by atoms with van der Waals surface area (Å²) < 4.78 is 0. The molecule has 1 aliphatic heterocycles. The molecule has 1 aliphatic carbocycles. The summed E-state index contributed by atoms with van der Waals surface area (Å²) >= 11 is 0. The Morgan fingerprint density at radius 3 is 2.61 bits per heavy atom. The number of likely N-dealkylation sites (tertiary alicyclic amines) is 1. The van der Waals surface area contributed by atoms with Gasteiger partial charge in [0.25, 0.3) is 0 Å². The van der Waals surface area contributed by atoms with Crippen LogP contribution in [0.4, 0.5) is 0 Å². The lowest BCUT2D eigenvalue weighted by Gasteiger charge is -2.45. The van der Waals surface area contributed by atoms with Gasteiger partial charge in [0, 0.05) is 18.6 Å². The van der Waals surface area contributed by atoms with Gasteiger partial charge in [-0.05, 0) is 37.6 Å². The molecule has 0 radical (unpaired) electrons. The van der Waals surface area contributed by atoms with Crippen molar-refractivity contribution in [3.05, 3.63) is 0 Å². The van der Waals surface area contributed by atoms with E-state index in [4.69, 9.17) is 5.73 Å². The molecule has 3 heteroatoms. The predicted octanol–water partition coefficient (Wildman–Crippen LogP) is 1.99. The van der Waals surface area contributed by atoms with Crippen molar-refractivity contribution in [3.63, 3.8) is 0 Å². The highest BCUT2D eigenvalue weighted by Crippen LogP contribution is 2.36. The lowest BCUT2D eigenvalue weighted by atomic mass is 9.74. The topological polar surface area (TPSA) is 49.5 Å². The second kappa shape index (κ2) is 6.88. The van der Waals surface area contributed by atoms with Gasteiger partial charge in [-0.2, -0.15) is 0 Å². The van der Waals surface area contributed by atoms with Gasteiger partial charge in [-0.25, -0.2) is 0 Å². The van der Waals surface area contributed by atoms with E-state index in [9.17, 15) is 5.11 Å². The number of aliphatic hydroxyl groups excluding tert-OH is 1. The summed E-state index contributed by atoms with van der Waals surface area (Å²) in [5, 5.41) is 9.65. The average Bonchev–Trinajstić information content (AvgIpc) is 2.40. The Morgan fingerprint density at radius 2 is 1.94 bits per heavy atom. The molecule has 0 aromatic heterocycles. The Morgan fingerprint density at radius 1 is 1.22 bits per heavy atom. The van der Waals surface area contributed by atoms with E-state index in [-0.39, 0.29) is 18.7 Å². The van der Waals surface area contributed by atoms with E-state index in [0.717, 1.165) is 31.2 Å². The number of nitrogens with zero attached hydrogens (tertiary/aromatic N) is 1. The predicted molar refractivity (Wildman–Crippen MR) is 75.4 cm³/mol. The van der Waals surface area contributed by atoms with Crippen LogP contribution < -0.4 is 5.73 Å². The van der Waals surface area contributed by atoms with E-state index in [1.54, 1.807) is 0 Å². The lowest BCUT2D eigenvalue weighted by molar-refractivity contribution is 0.0244. The quantitative estimate of drug-likeness (QED) is 0.789. The van der Waals surface area contributed by atoms with Gasteiger partial charge in [0.15, 0.2) is 0 Å². The minimum atomic E-state index is 0.139. The molecule has 1 saturated carbocycles. The van der Waals surface area contributed by atoms with Crippen LogP contribution in [0.2, 0.25) is 0 Å². The summed E-state index contributed by atoms with van der Waals surface area (Å²) in [5.74, 6) is 1.83. The Kier molecular flexibility index (Phi) is 5.46. The molecule has 0 aromatic carbocycles. The third kappa shape index (κ3) is 3.25. The maximum Gasteiger partial charge on any atom is 0.0601 e. The van der Waals surface area contributed by atoms with E-state index in [0.29, 0.717) is 0 Å². The summed E-state index contributed by atoms with van der Waals surface area (Å²) in [6.07, 6.45) is 9.11. The number of fused-ring (bicyclic) bond motifs is 1. The number of hydrogen-bond acceptors (Lipinski definition) is 3. The van der Waals surface area contributed by atoms with Gasteiger partial charge >= 0.3 is 0 Å². The van der Waals surface area contributed by atoms with Crippen molar-refractivity contribution in [1.29, 1.82) is 0 Å². The van der Waals surface area contributed by atoms with Gasteiger partial charge < -0.3 is 10.8 Å². The molecular weight excluding hydrogens is 224 g/mol. The van der Waals surface area contributed by atoms with Crippen molar-refractivity contribution in [2.75, 3.05) is 19.7 Å². The first-order valence-electron chi connectivity index (χ1n) is 7.86. The standard InChI is InChI=1S/C15H30N2O/c1-2-5-14(16)15(11-18)17-9-8-12-6-3-4-7-13(12)10-17/h12-15,18H,2-11,16H2,1H3. The van der Waals surface area contributed by atoms with Gasteiger partial charge in [0.1, 0.15) is 0 Å². The molecule has 1 heterocycles. The van der Waals surface area contributed by atoms with Crippen LogP contribution in [-0.4, -0.2) is 41.8 Å². The Labute approximate surface area is 112 Å². The van der Waals surface area contributed by atoms with Crippen LogP contribution in [0.25, 0.3) is 0 Å². The van der Waals surface area contributed by atoms with Crippen molar-refractivity contribution in [2.24, 2.45) is 17.6 Å². The molecule has 3 nitrogen and oxygen atoms in total. The minimum Gasteiger partial charge on any atom is -0.395 e. The van der Waals surface area contributed by atoms with Gasteiger partial charge in [-0.3, -0.25) is 4.90 Å².